The third-order valence-electron chi connectivity index (χ3n) is 4.81. The van der Waals surface area contributed by atoms with Gasteiger partial charge in [-0.25, -0.2) is 8.42 Å². The standard InChI is InChI=1S/C18H29N3O4S/c1-3-21(4-2)26(24,25)16-10-11-17(22)20(14-16)15-18(23)19-12-8-6-5-7-9-13-19/h10-11,14H,3-9,12-13,15H2,1-2H3. The van der Waals surface area contributed by atoms with Gasteiger partial charge in [0, 0.05) is 38.4 Å². The Balaban J connectivity index is 2.21. The summed E-state index contributed by atoms with van der Waals surface area (Å²) >= 11 is 0. The first-order valence-electron chi connectivity index (χ1n) is 9.38. The lowest BCUT2D eigenvalue weighted by atomic mass is 10.1. The molecule has 1 saturated heterocycles. The van der Waals surface area contributed by atoms with Crippen molar-refractivity contribution in [2.45, 2.75) is 57.4 Å². The van der Waals surface area contributed by atoms with E-state index in [1.807, 2.05) is 0 Å². The van der Waals surface area contributed by atoms with Crippen molar-refractivity contribution in [1.82, 2.24) is 13.8 Å². The summed E-state index contributed by atoms with van der Waals surface area (Å²) in [4.78, 5) is 26.6. The van der Waals surface area contributed by atoms with E-state index in [0.717, 1.165) is 25.7 Å². The third kappa shape index (κ3) is 4.94. The van der Waals surface area contributed by atoms with Crippen molar-refractivity contribution in [3.8, 4) is 0 Å². The molecule has 1 aliphatic rings. The maximum absolute atomic E-state index is 12.6. The normalized spacial score (nSPS) is 16.3. The van der Waals surface area contributed by atoms with Crippen LogP contribution < -0.4 is 5.56 Å². The van der Waals surface area contributed by atoms with E-state index in [9.17, 15) is 18.0 Å². The molecule has 2 heterocycles. The van der Waals surface area contributed by atoms with Gasteiger partial charge in [-0.3, -0.25) is 9.59 Å². The average molecular weight is 384 g/mol. The molecule has 1 aliphatic heterocycles. The molecule has 26 heavy (non-hydrogen) atoms. The van der Waals surface area contributed by atoms with Crippen LogP contribution in [0.1, 0.15) is 46.0 Å². The van der Waals surface area contributed by atoms with Gasteiger partial charge in [-0.2, -0.15) is 4.31 Å². The molecule has 0 radical (unpaired) electrons. The van der Waals surface area contributed by atoms with Gasteiger partial charge in [0.25, 0.3) is 5.56 Å². The predicted molar refractivity (Wildman–Crippen MR) is 100 cm³/mol. The number of hydrogen-bond donors (Lipinski definition) is 0. The molecule has 1 aromatic rings. The number of amides is 1. The largest absolute Gasteiger partial charge is 0.341 e. The number of pyridine rings is 1. The fraction of sp³-hybridized carbons (Fsp3) is 0.667. The summed E-state index contributed by atoms with van der Waals surface area (Å²) in [7, 11) is -3.66. The summed E-state index contributed by atoms with van der Waals surface area (Å²) in [6.07, 6.45) is 6.65. The Morgan fingerprint density at radius 3 is 2.19 bits per heavy atom. The van der Waals surface area contributed by atoms with Crippen LogP contribution in [0, 0.1) is 0 Å². The smallest absolute Gasteiger partial charge is 0.251 e. The van der Waals surface area contributed by atoms with Crippen molar-refractivity contribution >= 4 is 15.9 Å². The van der Waals surface area contributed by atoms with E-state index in [-0.39, 0.29) is 22.9 Å². The van der Waals surface area contributed by atoms with Crippen LogP contribution in [0.3, 0.4) is 0 Å². The van der Waals surface area contributed by atoms with Crippen LogP contribution in [0.5, 0.6) is 0 Å². The predicted octanol–water partition coefficient (Wildman–Crippen LogP) is 1.67. The molecule has 146 valence electrons. The Hall–Kier alpha value is -1.67. The zero-order valence-electron chi connectivity index (χ0n) is 15.7. The first-order chi connectivity index (χ1) is 12.4. The fourth-order valence-electron chi connectivity index (χ4n) is 3.24. The van der Waals surface area contributed by atoms with E-state index in [4.69, 9.17) is 0 Å². The zero-order chi connectivity index (χ0) is 19.2. The van der Waals surface area contributed by atoms with E-state index < -0.39 is 10.0 Å². The lowest BCUT2D eigenvalue weighted by molar-refractivity contribution is -0.132. The number of carbonyl (C=O) groups is 1. The van der Waals surface area contributed by atoms with Crippen molar-refractivity contribution in [1.29, 1.82) is 0 Å². The van der Waals surface area contributed by atoms with Crippen LogP contribution in [0.4, 0.5) is 0 Å². The Morgan fingerprint density at radius 1 is 1.04 bits per heavy atom. The molecule has 1 aromatic heterocycles. The van der Waals surface area contributed by atoms with Crippen LogP contribution in [0.15, 0.2) is 28.0 Å². The molecular weight excluding hydrogens is 354 g/mol. The molecule has 0 saturated carbocycles. The van der Waals surface area contributed by atoms with Crippen molar-refractivity contribution in [2.24, 2.45) is 0 Å². The van der Waals surface area contributed by atoms with E-state index in [2.05, 4.69) is 0 Å². The first kappa shape index (κ1) is 20.6. The van der Waals surface area contributed by atoms with Gasteiger partial charge < -0.3 is 9.47 Å². The number of nitrogens with zero attached hydrogens (tertiary/aromatic N) is 3. The van der Waals surface area contributed by atoms with Gasteiger partial charge in [0.15, 0.2) is 0 Å². The number of rotatable bonds is 6. The molecule has 0 aromatic carbocycles. The quantitative estimate of drug-likeness (QED) is 0.748. The summed E-state index contributed by atoms with van der Waals surface area (Å²) in [6, 6.07) is 2.53. The second-order valence-electron chi connectivity index (χ2n) is 6.57. The zero-order valence-corrected chi connectivity index (χ0v) is 16.5. The van der Waals surface area contributed by atoms with E-state index in [0.29, 0.717) is 26.2 Å². The molecule has 7 nitrogen and oxygen atoms in total. The van der Waals surface area contributed by atoms with Gasteiger partial charge in [0.1, 0.15) is 6.54 Å². The van der Waals surface area contributed by atoms with Gasteiger partial charge >= 0.3 is 0 Å². The molecule has 2 rings (SSSR count). The lowest BCUT2D eigenvalue weighted by Crippen LogP contribution is -2.38. The minimum absolute atomic E-state index is 0.0428. The Kier molecular flexibility index (Phi) is 7.40. The molecular formula is C18H29N3O4S. The van der Waals surface area contributed by atoms with Crippen molar-refractivity contribution < 1.29 is 13.2 Å². The Morgan fingerprint density at radius 2 is 1.62 bits per heavy atom. The van der Waals surface area contributed by atoms with Crippen molar-refractivity contribution in [3.63, 3.8) is 0 Å². The molecule has 0 atom stereocenters. The van der Waals surface area contributed by atoms with Crippen LogP contribution >= 0.6 is 0 Å². The van der Waals surface area contributed by atoms with Crippen LogP contribution in [0.2, 0.25) is 0 Å². The second kappa shape index (κ2) is 9.32. The number of hydrogen-bond acceptors (Lipinski definition) is 4. The number of aromatic nitrogens is 1. The highest BCUT2D eigenvalue weighted by atomic mass is 32.2. The third-order valence-corrected chi connectivity index (χ3v) is 6.85. The SMILES string of the molecule is CCN(CC)S(=O)(=O)c1ccc(=O)n(CC(=O)N2CCCCCCC2)c1. The molecule has 0 N–H and O–H groups in total. The topological polar surface area (TPSA) is 79.7 Å². The van der Waals surface area contributed by atoms with Crippen molar-refractivity contribution in [2.75, 3.05) is 26.2 Å². The summed E-state index contributed by atoms with van der Waals surface area (Å²) in [5.74, 6) is -0.133. The summed E-state index contributed by atoms with van der Waals surface area (Å²) in [6.45, 7) is 5.51. The van der Waals surface area contributed by atoms with E-state index >= 15 is 0 Å². The highest BCUT2D eigenvalue weighted by Gasteiger charge is 2.23. The Labute approximate surface area is 155 Å². The summed E-state index contributed by atoms with van der Waals surface area (Å²) in [5.41, 5.74) is -0.371. The van der Waals surface area contributed by atoms with Gasteiger partial charge in [-0.15, -0.1) is 0 Å². The summed E-state index contributed by atoms with van der Waals surface area (Å²) < 4.78 is 27.8. The average Bonchev–Trinajstić information content (AvgIpc) is 2.57. The molecule has 0 unspecified atom stereocenters. The highest BCUT2D eigenvalue weighted by Crippen LogP contribution is 2.14. The maximum Gasteiger partial charge on any atom is 0.251 e. The van der Waals surface area contributed by atoms with Crippen LogP contribution in [-0.4, -0.2) is 54.3 Å². The maximum atomic E-state index is 12.6. The minimum atomic E-state index is -3.66. The van der Waals surface area contributed by atoms with Crippen molar-refractivity contribution in [3.05, 3.63) is 28.7 Å². The second-order valence-corrected chi connectivity index (χ2v) is 8.51. The van der Waals surface area contributed by atoms with E-state index in [1.54, 1.807) is 18.7 Å². The minimum Gasteiger partial charge on any atom is -0.341 e. The monoisotopic (exact) mass is 383 g/mol. The van der Waals surface area contributed by atoms with Crippen LogP contribution in [-0.2, 0) is 21.4 Å². The first-order valence-corrected chi connectivity index (χ1v) is 10.8. The molecule has 0 bridgehead atoms. The van der Waals surface area contributed by atoms with Gasteiger partial charge in [-0.05, 0) is 18.9 Å². The van der Waals surface area contributed by atoms with Gasteiger partial charge in [0.05, 0.1) is 4.90 Å². The number of sulfonamides is 1. The molecule has 1 fully saturated rings. The number of carbonyl (C=O) groups excluding carboxylic acids is 1. The summed E-state index contributed by atoms with van der Waals surface area (Å²) in [5, 5.41) is 0. The van der Waals surface area contributed by atoms with Gasteiger partial charge in [-0.1, -0.05) is 33.1 Å². The highest BCUT2D eigenvalue weighted by molar-refractivity contribution is 7.89. The fourth-order valence-corrected chi connectivity index (χ4v) is 4.72. The van der Waals surface area contributed by atoms with Gasteiger partial charge in [0.2, 0.25) is 15.9 Å². The molecule has 8 heteroatoms. The molecule has 0 spiro atoms. The molecule has 0 aliphatic carbocycles. The van der Waals surface area contributed by atoms with E-state index in [1.165, 1.54) is 33.6 Å². The Bertz CT molecular complexity index is 761. The molecule has 1 amide bonds. The lowest BCUT2D eigenvalue weighted by Gasteiger charge is -2.25. The number of likely N-dealkylation sites (tertiary alicyclic amines) is 1. The van der Waals surface area contributed by atoms with Crippen LogP contribution in [0.25, 0.3) is 0 Å².